The molecule has 0 atom stereocenters. The lowest BCUT2D eigenvalue weighted by Gasteiger charge is -2.09. The lowest BCUT2D eigenvalue weighted by atomic mass is 10.2. The van der Waals surface area contributed by atoms with Gasteiger partial charge in [0.15, 0.2) is 0 Å². The van der Waals surface area contributed by atoms with Crippen LogP contribution in [0.5, 0.6) is 23.0 Å². The van der Waals surface area contributed by atoms with E-state index in [4.69, 9.17) is 14.2 Å². The van der Waals surface area contributed by atoms with Crippen molar-refractivity contribution < 1.29 is 19.0 Å². The van der Waals surface area contributed by atoms with Gasteiger partial charge in [-0.15, -0.1) is 0 Å². The summed E-state index contributed by atoms with van der Waals surface area (Å²) in [5.41, 5.74) is 0.942. The van der Waals surface area contributed by atoms with Crippen molar-refractivity contribution in [3.8, 4) is 23.0 Å². The Hall–Kier alpha value is -3.47. The number of rotatable bonds is 6. The second-order valence-electron chi connectivity index (χ2n) is 5.48. The fourth-order valence-electron chi connectivity index (χ4n) is 2.26. The average molecular weight is 349 g/mol. The molecule has 1 N–H and O–H groups in total. The largest absolute Gasteiger partial charge is 0.497 e. The van der Waals surface area contributed by atoms with Gasteiger partial charge >= 0.3 is 6.09 Å². The first-order chi connectivity index (χ1) is 12.7. The Bertz CT molecular complexity index is 830. The number of hydrogen-bond donors (Lipinski definition) is 1. The molecule has 0 radical (unpaired) electrons. The van der Waals surface area contributed by atoms with Crippen molar-refractivity contribution in [2.24, 2.45) is 0 Å². The van der Waals surface area contributed by atoms with Crippen LogP contribution >= 0.6 is 0 Å². The van der Waals surface area contributed by atoms with Gasteiger partial charge in [-0.1, -0.05) is 30.3 Å². The first-order valence-corrected chi connectivity index (χ1v) is 8.14. The number of carbonyl (C=O) groups excluding carboxylic acids is 1. The van der Waals surface area contributed by atoms with E-state index in [0.29, 0.717) is 18.0 Å². The van der Waals surface area contributed by atoms with Crippen molar-refractivity contribution in [1.29, 1.82) is 0 Å². The Labute approximate surface area is 152 Å². The first-order valence-electron chi connectivity index (χ1n) is 8.14. The van der Waals surface area contributed by atoms with E-state index >= 15 is 0 Å². The van der Waals surface area contributed by atoms with Gasteiger partial charge in [0.2, 0.25) is 0 Å². The zero-order chi connectivity index (χ0) is 18.2. The molecular formula is C21H19NO4. The number of hydrogen-bond acceptors (Lipinski definition) is 4. The molecule has 5 nitrogen and oxygen atoms in total. The second-order valence-corrected chi connectivity index (χ2v) is 5.48. The third kappa shape index (κ3) is 5.01. The smallest absolute Gasteiger partial charge is 0.412 e. The average Bonchev–Trinajstić information content (AvgIpc) is 2.69. The van der Waals surface area contributed by atoms with Crippen molar-refractivity contribution >= 4 is 6.09 Å². The first kappa shape index (κ1) is 17.4. The fraction of sp³-hybridized carbons (Fsp3) is 0.0952. The molecule has 5 heteroatoms. The molecule has 3 rings (SSSR count). The number of nitrogens with one attached hydrogen (secondary N) is 1. The summed E-state index contributed by atoms with van der Waals surface area (Å²) in [5.74, 6) is 2.67. The van der Waals surface area contributed by atoms with Gasteiger partial charge in [0, 0.05) is 6.54 Å². The fourth-order valence-corrected chi connectivity index (χ4v) is 2.26. The zero-order valence-electron chi connectivity index (χ0n) is 14.3. The molecule has 0 heterocycles. The molecule has 0 saturated carbocycles. The van der Waals surface area contributed by atoms with E-state index < -0.39 is 6.09 Å². The second kappa shape index (κ2) is 8.58. The molecule has 0 saturated heterocycles. The van der Waals surface area contributed by atoms with Gasteiger partial charge in [-0.3, -0.25) is 0 Å². The highest BCUT2D eigenvalue weighted by atomic mass is 16.6. The summed E-state index contributed by atoms with van der Waals surface area (Å²) < 4.78 is 16.0. The summed E-state index contributed by atoms with van der Waals surface area (Å²) in [6, 6.07) is 23.9. The third-order valence-corrected chi connectivity index (χ3v) is 3.61. The van der Waals surface area contributed by atoms with Gasteiger partial charge in [0.05, 0.1) is 7.11 Å². The third-order valence-electron chi connectivity index (χ3n) is 3.61. The summed E-state index contributed by atoms with van der Waals surface area (Å²) in [6.07, 6.45) is -0.514. The highest BCUT2D eigenvalue weighted by Gasteiger charge is 2.05. The number of carbonyl (C=O) groups is 1. The molecule has 0 bridgehead atoms. The Kier molecular flexibility index (Phi) is 5.72. The van der Waals surface area contributed by atoms with Crippen LogP contribution in [0.2, 0.25) is 0 Å². The molecule has 1 amide bonds. The molecule has 3 aromatic rings. The predicted octanol–water partition coefficient (Wildman–Crippen LogP) is 4.78. The van der Waals surface area contributed by atoms with Crippen LogP contribution in [0, 0.1) is 0 Å². The number of para-hydroxylation sites is 1. The van der Waals surface area contributed by atoms with Crippen LogP contribution in [-0.4, -0.2) is 13.2 Å². The summed E-state index contributed by atoms with van der Waals surface area (Å²) in [6.45, 7) is 0.362. The van der Waals surface area contributed by atoms with Crippen LogP contribution in [0.25, 0.3) is 0 Å². The maximum atomic E-state index is 11.9. The Morgan fingerprint density at radius 1 is 0.769 bits per heavy atom. The SMILES string of the molecule is COc1ccc(OC(=O)NCc2ccc(Oc3ccccc3)cc2)cc1. The van der Waals surface area contributed by atoms with Crippen molar-refractivity contribution in [3.05, 3.63) is 84.4 Å². The number of methoxy groups -OCH3 is 1. The maximum Gasteiger partial charge on any atom is 0.412 e. The number of ether oxygens (including phenoxy) is 3. The quantitative estimate of drug-likeness (QED) is 0.696. The minimum absolute atomic E-state index is 0.362. The van der Waals surface area contributed by atoms with Crippen molar-refractivity contribution in [3.63, 3.8) is 0 Å². The topological polar surface area (TPSA) is 56.8 Å². The summed E-state index contributed by atoms with van der Waals surface area (Å²) in [5, 5.41) is 2.71. The van der Waals surface area contributed by atoms with Crippen LogP contribution in [0.1, 0.15) is 5.56 Å². The van der Waals surface area contributed by atoms with E-state index in [1.165, 1.54) is 0 Å². The Morgan fingerprint density at radius 3 is 2.00 bits per heavy atom. The molecule has 0 aliphatic carbocycles. The predicted molar refractivity (Wildman–Crippen MR) is 98.8 cm³/mol. The van der Waals surface area contributed by atoms with Crippen LogP contribution in [0.15, 0.2) is 78.9 Å². The molecule has 26 heavy (non-hydrogen) atoms. The summed E-state index contributed by atoms with van der Waals surface area (Å²) in [7, 11) is 1.58. The summed E-state index contributed by atoms with van der Waals surface area (Å²) in [4.78, 5) is 11.9. The van der Waals surface area contributed by atoms with Crippen LogP contribution in [-0.2, 0) is 6.54 Å². The molecule has 3 aromatic carbocycles. The minimum Gasteiger partial charge on any atom is -0.497 e. The monoisotopic (exact) mass is 349 g/mol. The highest BCUT2D eigenvalue weighted by Crippen LogP contribution is 2.21. The van der Waals surface area contributed by atoms with Crippen LogP contribution < -0.4 is 19.5 Å². The van der Waals surface area contributed by atoms with E-state index in [2.05, 4.69) is 5.32 Å². The van der Waals surface area contributed by atoms with E-state index in [9.17, 15) is 4.79 Å². The number of benzene rings is 3. The van der Waals surface area contributed by atoms with Gasteiger partial charge in [0.1, 0.15) is 23.0 Å². The Balaban J connectivity index is 1.48. The molecule has 0 aliphatic rings. The lowest BCUT2D eigenvalue weighted by molar-refractivity contribution is 0.200. The molecule has 0 aromatic heterocycles. The molecule has 0 aliphatic heterocycles. The zero-order valence-corrected chi connectivity index (χ0v) is 14.3. The number of amides is 1. The molecule has 0 unspecified atom stereocenters. The normalized spacial score (nSPS) is 10.0. The van der Waals surface area contributed by atoms with E-state index in [1.54, 1.807) is 31.4 Å². The molecular weight excluding hydrogens is 330 g/mol. The Morgan fingerprint density at radius 2 is 1.35 bits per heavy atom. The highest BCUT2D eigenvalue weighted by molar-refractivity contribution is 5.70. The minimum atomic E-state index is -0.514. The van der Waals surface area contributed by atoms with E-state index in [-0.39, 0.29) is 0 Å². The van der Waals surface area contributed by atoms with Crippen LogP contribution in [0.4, 0.5) is 4.79 Å². The van der Waals surface area contributed by atoms with Crippen molar-refractivity contribution in [1.82, 2.24) is 5.32 Å². The van der Waals surface area contributed by atoms with E-state index in [1.807, 2.05) is 54.6 Å². The lowest BCUT2D eigenvalue weighted by Crippen LogP contribution is -2.26. The van der Waals surface area contributed by atoms with Gasteiger partial charge in [0.25, 0.3) is 0 Å². The van der Waals surface area contributed by atoms with Gasteiger partial charge < -0.3 is 19.5 Å². The van der Waals surface area contributed by atoms with Gasteiger partial charge in [-0.2, -0.15) is 0 Å². The summed E-state index contributed by atoms with van der Waals surface area (Å²) >= 11 is 0. The maximum absolute atomic E-state index is 11.9. The van der Waals surface area contributed by atoms with Gasteiger partial charge in [-0.05, 0) is 54.1 Å². The van der Waals surface area contributed by atoms with Crippen molar-refractivity contribution in [2.75, 3.05) is 7.11 Å². The van der Waals surface area contributed by atoms with Crippen LogP contribution in [0.3, 0.4) is 0 Å². The molecule has 0 fully saturated rings. The molecule has 0 spiro atoms. The molecule has 132 valence electrons. The van der Waals surface area contributed by atoms with E-state index in [0.717, 1.165) is 17.1 Å². The van der Waals surface area contributed by atoms with Gasteiger partial charge in [-0.25, -0.2) is 4.79 Å². The van der Waals surface area contributed by atoms with Crippen molar-refractivity contribution in [2.45, 2.75) is 6.54 Å². The standard InChI is InChI=1S/C21H19NO4/c1-24-17-11-13-20(14-12-17)26-21(23)22-15-16-7-9-19(10-8-16)25-18-5-3-2-4-6-18/h2-14H,15H2,1H3,(H,22,23).